The van der Waals surface area contributed by atoms with Crippen molar-refractivity contribution in [3.63, 3.8) is 0 Å². The Labute approximate surface area is 112 Å². The van der Waals surface area contributed by atoms with Crippen molar-refractivity contribution in [1.82, 2.24) is 0 Å². The van der Waals surface area contributed by atoms with Crippen molar-refractivity contribution in [2.75, 3.05) is 7.11 Å². The Hall–Kier alpha value is -1.69. The number of carbonyl (C=O) groups excluding carboxylic acids is 2. The first-order valence-electron chi connectivity index (χ1n) is 5.77. The molecule has 1 rings (SSSR count). The Kier molecular flexibility index (Phi) is 4.83. The van der Waals surface area contributed by atoms with Crippen LogP contribution in [0.5, 0.6) is 0 Å². The zero-order valence-corrected chi connectivity index (χ0v) is 11.9. The third-order valence-electron chi connectivity index (χ3n) is 2.80. The minimum atomic E-state index is -3.79. The highest BCUT2D eigenvalue weighted by atomic mass is 32.2. The predicted molar refractivity (Wildman–Crippen MR) is 69.7 cm³/mol. The van der Waals surface area contributed by atoms with Crippen LogP contribution in [0, 0.1) is 0 Å². The summed E-state index contributed by atoms with van der Waals surface area (Å²) in [7, 11) is -2.64. The van der Waals surface area contributed by atoms with Crippen LogP contribution in [0.4, 0.5) is 0 Å². The number of esters is 1. The van der Waals surface area contributed by atoms with Crippen LogP contribution in [0.25, 0.3) is 0 Å². The van der Waals surface area contributed by atoms with E-state index in [-0.39, 0.29) is 17.1 Å². The van der Waals surface area contributed by atoms with E-state index in [0.717, 1.165) is 7.11 Å². The first-order valence-corrected chi connectivity index (χ1v) is 7.32. The molecule has 0 spiro atoms. The molecule has 1 aromatic carbocycles. The topological polar surface area (TPSA) is 77.5 Å². The normalized spacial score (nSPS) is 12.8. The fraction of sp³-hybridized carbons (Fsp3) is 0.385. The van der Waals surface area contributed by atoms with Crippen molar-refractivity contribution in [2.45, 2.75) is 30.4 Å². The maximum Gasteiger partial charge on any atom is 0.324 e. The number of methoxy groups -OCH3 is 1. The number of carbonyl (C=O) groups is 2. The Morgan fingerprint density at radius 2 is 1.74 bits per heavy atom. The molecule has 0 N–H and O–H groups in total. The molecule has 0 radical (unpaired) electrons. The number of Topliss-reactive ketones (excluding diaryl/α,β-unsaturated/α-hetero) is 1. The molecule has 1 unspecified atom stereocenters. The summed E-state index contributed by atoms with van der Waals surface area (Å²) in [5.41, 5.74) is 0.421. The van der Waals surface area contributed by atoms with E-state index in [1.54, 1.807) is 6.92 Å². The lowest BCUT2D eigenvalue weighted by Gasteiger charge is -2.13. The van der Waals surface area contributed by atoms with Crippen molar-refractivity contribution in [1.29, 1.82) is 0 Å². The second-order valence-electron chi connectivity index (χ2n) is 4.05. The highest BCUT2D eigenvalue weighted by Crippen LogP contribution is 2.20. The average Bonchev–Trinajstić information content (AvgIpc) is 2.39. The van der Waals surface area contributed by atoms with Crippen LogP contribution in [0.15, 0.2) is 29.2 Å². The highest BCUT2D eigenvalue weighted by molar-refractivity contribution is 7.92. The number of hydrogen-bond acceptors (Lipinski definition) is 5. The molecule has 0 aliphatic carbocycles. The maximum absolute atomic E-state index is 12.3. The van der Waals surface area contributed by atoms with Crippen LogP contribution < -0.4 is 0 Å². The molecular formula is C13H16O5S. The summed E-state index contributed by atoms with van der Waals surface area (Å²) in [6, 6.07) is 5.52. The van der Waals surface area contributed by atoms with E-state index < -0.39 is 21.1 Å². The molecule has 1 aromatic rings. The molecule has 0 bridgehead atoms. The van der Waals surface area contributed by atoms with E-state index in [2.05, 4.69) is 4.74 Å². The van der Waals surface area contributed by atoms with Crippen LogP contribution in [-0.4, -0.2) is 32.5 Å². The van der Waals surface area contributed by atoms with Gasteiger partial charge in [-0.05, 0) is 25.5 Å². The SMILES string of the molecule is CCC(C(=O)OC)S(=O)(=O)c1ccc(C(C)=O)cc1. The molecule has 6 heteroatoms. The van der Waals surface area contributed by atoms with Crippen LogP contribution in [0.1, 0.15) is 30.6 Å². The molecule has 104 valence electrons. The Balaban J connectivity index is 3.19. The van der Waals surface area contributed by atoms with E-state index in [0.29, 0.717) is 5.56 Å². The van der Waals surface area contributed by atoms with Gasteiger partial charge in [-0.3, -0.25) is 9.59 Å². The van der Waals surface area contributed by atoms with Crippen LogP contribution in [0.2, 0.25) is 0 Å². The Morgan fingerprint density at radius 1 is 1.21 bits per heavy atom. The average molecular weight is 284 g/mol. The van der Waals surface area contributed by atoms with Gasteiger partial charge in [-0.15, -0.1) is 0 Å². The van der Waals surface area contributed by atoms with Crippen molar-refractivity contribution < 1.29 is 22.7 Å². The molecule has 0 aromatic heterocycles. The van der Waals surface area contributed by atoms with E-state index >= 15 is 0 Å². The smallest absolute Gasteiger partial charge is 0.324 e. The summed E-state index contributed by atoms with van der Waals surface area (Å²) in [6.07, 6.45) is 0.128. The van der Waals surface area contributed by atoms with E-state index in [9.17, 15) is 18.0 Å². The lowest BCUT2D eigenvalue weighted by molar-refractivity contribution is -0.140. The fourth-order valence-corrected chi connectivity index (χ4v) is 3.32. The zero-order valence-electron chi connectivity index (χ0n) is 11.0. The van der Waals surface area contributed by atoms with Gasteiger partial charge in [-0.1, -0.05) is 19.1 Å². The largest absolute Gasteiger partial charge is 0.468 e. The summed E-state index contributed by atoms with van der Waals surface area (Å²) in [4.78, 5) is 22.6. The van der Waals surface area contributed by atoms with E-state index in [1.807, 2.05) is 0 Å². The van der Waals surface area contributed by atoms with Gasteiger partial charge in [0.25, 0.3) is 0 Å². The van der Waals surface area contributed by atoms with Gasteiger partial charge in [0, 0.05) is 5.56 Å². The number of ketones is 1. The lowest BCUT2D eigenvalue weighted by Crippen LogP contribution is -2.30. The molecule has 0 fully saturated rings. The number of ether oxygens (including phenoxy) is 1. The van der Waals surface area contributed by atoms with Crippen LogP contribution in [-0.2, 0) is 19.4 Å². The molecule has 1 atom stereocenters. The number of sulfone groups is 1. The summed E-state index contributed by atoms with van der Waals surface area (Å²) in [5.74, 6) is -0.929. The Bertz CT molecular complexity index is 572. The van der Waals surface area contributed by atoms with Gasteiger partial charge >= 0.3 is 5.97 Å². The van der Waals surface area contributed by atoms with Crippen LogP contribution >= 0.6 is 0 Å². The third-order valence-corrected chi connectivity index (χ3v) is 5.00. The number of rotatable bonds is 5. The summed E-state index contributed by atoms with van der Waals surface area (Å²) < 4.78 is 29.0. The molecule has 0 aliphatic heterocycles. The molecule has 19 heavy (non-hydrogen) atoms. The highest BCUT2D eigenvalue weighted by Gasteiger charge is 2.33. The quantitative estimate of drug-likeness (QED) is 0.606. The predicted octanol–water partition coefficient (Wildman–Crippen LogP) is 1.61. The fourth-order valence-electron chi connectivity index (χ4n) is 1.69. The van der Waals surface area contributed by atoms with Gasteiger partial charge in [-0.25, -0.2) is 8.42 Å². The van der Waals surface area contributed by atoms with Crippen molar-refractivity contribution in [3.8, 4) is 0 Å². The molecule has 0 saturated carbocycles. The molecular weight excluding hydrogens is 268 g/mol. The van der Waals surface area contributed by atoms with Gasteiger partial charge in [0.05, 0.1) is 12.0 Å². The van der Waals surface area contributed by atoms with Gasteiger partial charge < -0.3 is 4.74 Å². The van der Waals surface area contributed by atoms with Gasteiger partial charge in [-0.2, -0.15) is 0 Å². The minimum absolute atomic E-state index is 0.00903. The zero-order chi connectivity index (χ0) is 14.6. The summed E-state index contributed by atoms with van der Waals surface area (Å²) in [6.45, 7) is 3.00. The third kappa shape index (κ3) is 3.20. The van der Waals surface area contributed by atoms with Gasteiger partial charge in [0.2, 0.25) is 0 Å². The van der Waals surface area contributed by atoms with Crippen molar-refractivity contribution in [3.05, 3.63) is 29.8 Å². The van der Waals surface area contributed by atoms with E-state index in [1.165, 1.54) is 31.2 Å². The lowest BCUT2D eigenvalue weighted by atomic mass is 10.2. The standard InChI is InChI=1S/C13H16O5S/c1-4-12(13(15)18-3)19(16,17)11-7-5-10(6-8-11)9(2)14/h5-8,12H,4H2,1-3H3. The van der Waals surface area contributed by atoms with Gasteiger partial charge in [0.15, 0.2) is 20.9 Å². The first-order chi connectivity index (χ1) is 8.84. The number of hydrogen-bond donors (Lipinski definition) is 0. The minimum Gasteiger partial charge on any atom is -0.468 e. The van der Waals surface area contributed by atoms with E-state index in [4.69, 9.17) is 0 Å². The monoisotopic (exact) mass is 284 g/mol. The Morgan fingerprint density at radius 3 is 2.11 bits per heavy atom. The summed E-state index contributed by atoms with van der Waals surface area (Å²) in [5, 5.41) is -1.22. The molecule has 0 heterocycles. The number of benzene rings is 1. The van der Waals surface area contributed by atoms with Crippen LogP contribution in [0.3, 0.4) is 0 Å². The molecule has 0 saturated heterocycles. The molecule has 0 amide bonds. The second kappa shape index (κ2) is 5.97. The maximum atomic E-state index is 12.3. The summed E-state index contributed by atoms with van der Waals surface area (Å²) >= 11 is 0. The van der Waals surface area contributed by atoms with Crippen molar-refractivity contribution in [2.24, 2.45) is 0 Å². The molecule has 5 nitrogen and oxygen atoms in total. The first kappa shape index (κ1) is 15.4. The van der Waals surface area contributed by atoms with Crippen molar-refractivity contribution >= 4 is 21.6 Å². The van der Waals surface area contributed by atoms with Gasteiger partial charge in [0.1, 0.15) is 0 Å². The second-order valence-corrected chi connectivity index (χ2v) is 6.18. The molecule has 0 aliphatic rings.